The minimum atomic E-state index is -1.28. The van der Waals surface area contributed by atoms with Gasteiger partial charge in [-0.3, -0.25) is 43.0 Å². The van der Waals surface area contributed by atoms with E-state index in [0.717, 1.165) is 31.2 Å². The Hall–Kier alpha value is -12.3. The van der Waals surface area contributed by atoms with Gasteiger partial charge in [0.2, 0.25) is 12.6 Å². The zero-order chi connectivity index (χ0) is 71.8. The van der Waals surface area contributed by atoms with E-state index in [9.17, 15) is 53.1 Å². The molecule has 0 spiro atoms. The van der Waals surface area contributed by atoms with Crippen molar-refractivity contribution in [3.63, 3.8) is 0 Å². The smallest absolute Gasteiger partial charge is 0.439 e. The number of carbonyl (C=O) groups excluding carboxylic acids is 7. The highest BCUT2D eigenvalue weighted by Crippen LogP contribution is 2.37. The van der Waals surface area contributed by atoms with E-state index in [1.165, 1.54) is 76.6 Å². The van der Waals surface area contributed by atoms with Crippen LogP contribution in [0.5, 0.6) is 11.5 Å². The van der Waals surface area contributed by atoms with Gasteiger partial charge in [-0.2, -0.15) is 0 Å². The van der Waals surface area contributed by atoms with Crippen molar-refractivity contribution in [1.82, 2.24) is 40.9 Å². The summed E-state index contributed by atoms with van der Waals surface area (Å²) in [4.78, 5) is 138. The molecular weight excluding hydrogens is 1280 g/mol. The summed E-state index contributed by atoms with van der Waals surface area (Å²) in [5.74, 6) is -5.97. The molecule has 2 saturated carbocycles. The zero-order valence-corrected chi connectivity index (χ0v) is 55.2. The molecule has 2 fully saturated rings. The van der Waals surface area contributed by atoms with E-state index in [1.54, 1.807) is 88.4 Å². The summed E-state index contributed by atoms with van der Waals surface area (Å²) < 4.78 is 40.9. The van der Waals surface area contributed by atoms with E-state index in [-0.39, 0.29) is 62.0 Å². The van der Waals surface area contributed by atoms with Crippen LogP contribution in [0, 0.1) is 23.7 Å². The number of esters is 4. The number of carboxylic acids is 1. The van der Waals surface area contributed by atoms with Crippen molar-refractivity contribution < 1.29 is 80.9 Å². The molecule has 4 heterocycles. The number of methoxy groups -OCH3 is 2. The van der Waals surface area contributed by atoms with Gasteiger partial charge in [-0.1, -0.05) is 63.3 Å². The van der Waals surface area contributed by atoms with E-state index in [4.69, 9.17) is 34.2 Å². The number of aromatic carboxylic acids is 1. The van der Waals surface area contributed by atoms with Crippen molar-refractivity contribution in [2.45, 2.75) is 79.8 Å². The summed E-state index contributed by atoms with van der Waals surface area (Å²) in [6, 6.07) is 25.1. The SMILES string of the molecule is C=Cc1cc(C(=O)Nc2ccc(-c3noc(=O)[nH]3)cc2)c(-c2ccc(C(=O)NCC3CC3)nc2C(=O)OC(C)OC(=O)C(C)C)cc1OC.C=Cc1cc(C(=O)O)c(-c2ccc(C(=O)NCC3CC3)nc2C(=O)OC(C)OC(=O)C(C)C)cc1OC.Nc1ccc(-c2noc(=O)[nH]2)cc1. The van der Waals surface area contributed by atoms with E-state index in [2.05, 4.69) is 68.4 Å². The molecular formula is C70H72N10O19. The molecule has 8 aromatic rings. The van der Waals surface area contributed by atoms with Gasteiger partial charge in [-0.05, 0) is 135 Å². The summed E-state index contributed by atoms with van der Waals surface area (Å²) in [6.07, 6.45) is 4.56. The highest BCUT2D eigenvalue weighted by atomic mass is 16.7. The maximum absolute atomic E-state index is 13.9. The van der Waals surface area contributed by atoms with Crippen molar-refractivity contribution in [2.75, 3.05) is 38.4 Å². The molecule has 0 aliphatic heterocycles. The number of pyridine rings is 2. The molecule has 0 bridgehead atoms. The number of aromatic amines is 2. The van der Waals surface area contributed by atoms with E-state index >= 15 is 0 Å². The minimum Gasteiger partial charge on any atom is -0.496 e. The number of nitrogen functional groups attached to an aromatic ring is 1. The van der Waals surface area contributed by atoms with Gasteiger partial charge in [0.25, 0.3) is 17.7 Å². The number of carboxylic acid groups (broad SMARTS) is 1. The highest BCUT2D eigenvalue weighted by Gasteiger charge is 2.31. The molecule has 2 unspecified atom stereocenters. The molecule has 0 radical (unpaired) electrons. The number of nitrogens with one attached hydrogen (secondary N) is 5. The summed E-state index contributed by atoms with van der Waals surface area (Å²) in [7, 11) is 2.86. The molecule has 4 aromatic heterocycles. The summed E-state index contributed by atoms with van der Waals surface area (Å²) in [5, 5.41) is 25.5. The van der Waals surface area contributed by atoms with Crippen LogP contribution in [0.3, 0.4) is 0 Å². The Morgan fingerprint density at radius 2 is 0.970 bits per heavy atom. The number of anilines is 2. The fraction of sp³-hybridized carbons (Fsp3) is 0.286. The first kappa shape index (κ1) is 72.5. The largest absolute Gasteiger partial charge is 0.496 e. The number of nitrogens with zero attached hydrogens (tertiary/aromatic N) is 4. The van der Waals surface area contributed by atoms with Crippen molar-refractivity contribution in [3.8, 4) is 56.5 Å². The average Bonchev–Trinajstić information content (AvgIpc) is 1.54. The maximum atomic E-state index is 13.9. The second-order valence-electron chi connectivity index (χ2n) is 23.2. The van der Waals surface area contributed by atoms with E-state index in [0.29, 0.717) is 70.3 Å². The number of H-pyrrole nitrogens is 2. The summed E-state index contributed by atoms with van der Waals surface area (Å²) >= 11 is 0. The molecule has 2 aliphatic rings. The van der Waals surface area contributed by atoms with Crippen LogP contribution in [-0.2, 0) is 28.5 Å². The van der Waals surface area contributed by atoms with Crippen molar-refractivity contribution in [2.24, 2.45) is 23.7 Å². The van der Waals surface area contributed by atoms with Gasteiger partial charge in [-0.15, -0.1) is 0 Å². The second kappa shape index (κ2) is 32.9. The lowest BCUT2D eigenvalue weighted by molar-refractivity contribution is -0.170. The summed E-state index contributed by atoms with van der Waals surface area (Å²) in [6.45, 7) is 17.8. The van der Waals surface area contributed by atoms with Gasteiger partial charge in [0.15, 0.2) is 23.0 Å². The van der Waals surface area contributed by atoms with Crippen LogP contribution in [0.15, 0.2) is 129 Å². The van der Waals surface area contributed by atoms with Crippen molar-refractivity contribution in [3.05, 3.63) is 176 Å². The Morgan fingerprint density at radius 3 is 1.33 bits per heavy atom. The molecule has 8 N–H and O–H groups in total. The Morgan fingerprint density at radius 1 is 0.566 bits per heavy atom. The molecule has 29 heteroatoms. The first-order chi connectivity index (χ1) is 47.3. The second-order valence-corrected chi connectivity index (χ2v) is 23.2. The molecule has 4 aromatic carbocycles. The van der Waals surface area contributed by atoms with Gasteiger partial charge in [0, 0.05) is 88.4 Å². The highest BCUT2D eigenvalue weighted by molar-refractivity contribution is 6.11. The number of amides is 3. The van der Waals surface area contributed by atoms with Crippen LogP contribution < -0.4 is 42.7 Å². The fourth-order valence-electron chi connectivity index (χ4n) is 9.21. The van der Waals surface area contributed by atoms with Gasteiger partial charge in [0.1, 0.15) is 22.9 Å². The Labute approximate surface area is 565 Å². The summed E-state index contributed by atoms with van der Waals surface area (Å²) in [5.41, 5.74) is 8.66. The number of benzene rings is 4. The number of hydrogen-bond acceptors (Lipinski definition) is 23. The third-order valence-electron chi connectivity index (χ3n) is 14.9. The van der Waals surface area contributed by atoms with Crippen LogP contribution in [0.1, 0.15) is 141 Å². The number of nitrogens with two attached hydrogens (primary N) is 1. The van der Waals surface area contributed by atoms with Gasteiger partial charge in [0.05, 0.1) is 31.6 Å². The molecule has 0 saturated heterocycles. The van der Waals surface area contributed by atoms with Crippen molar-refractivity contribution >= 4 is 71.1 Å². The van der Waals surface area contributed by atoms with E-state index < -0.39 is 83.5 Å². The quantitative estimate of drug-likeness (QED) is 0.0159. The third kappa shape index (κ3) is 19.4. The fourth-order valence-corrected chi connectivity index (χ4v) is 9.21. The van der Waals surface area contributed by atoms with Crippen LogP contribution in [0.4, 0.5) is 11.4 Å². The lowest BCUT2D eigenvalue weighted by Gasteiger charge is -2.19. The number of aromatic nitrogens is 6. The number of rotatable bonds is 25. The third-order valence-corrected chi connectivity index (χ3v) is 14.9. The Kier molecular flexibility index (Phi) is 24.1. The average molecular weight is 1360 g/mol. The molecule has 2 atom stereocenters. The Bertz CT molecular complexity index is 4470. The van der Waals surface area contributed by atoms with Gasteiger partial charge >= 0.3 is 41.4 Å². The predicted molar refractivity (Wildman–Crippen MR) is 359 cm³/mol. The first-order valence-electron chi connectivity index (χ1n) is 31.0. The first-order valence-corrected chi connectivity index (χ1v) is 31.0. The molecule has 2 aliphatic carbocycles. The molecule has 516 valence electrons. The normalized spacial score (nSPS) is 12.7. The van der Waals surface area contributed by atoms with Crippen LogP contribution >= 0.6 is 0 Å². The van der Waals surface area contributed by atoms with Gasteiger partial charge < -0.3 is 55.2 Å². The molecule has 99 heavy (non-hydrogen) atoms. The maximum Gasteiger partial charge on any atom is 0.439 e. The monoisotopic (exact) mass is 1360 g/mol. The van der Waals surface area contributed by atoms with Crippen LogP contribution in [0.2, 0.25) is 0 Å². The van der Waals surface area contributed by atoms with Crippen LogP contribution in [-0.4, -0.2) is 123 Å². The number of hydrogen-bond donors (Lipinski definition) is 7. The lowest BCUT2D eigenvalue weighted by Crippen LogP contribution is -2.28. The van der Waals surface area contributed by atoms with Gasteiger partial charge in [-0.25, -0.2) is 33.9 Å². The number of ether oxygens (including phenoxy) is 6. The minimum absolute atomic E-state index is 0.0441. The standard InChI is InChI=1S/C35H35N5O9.C27H30N2O8.C8H7N3O2/c1-6-21-15-26(31(41)37-23-11-9-22(10-12-23)30-39-35(45)49-40-30)25(16-28(21)46-5)24-13-14-27(32(42)36-17-20-7-8-20)38-29(24)34(44)48-19(4)47-33(43)18(2)3;1-6-17-11-20(25(31)32)19(12-22(17)35-5)18-9-10-21(24(30)28-13-16-7-8-16)29-23(18)27(34)37-15(4)36-26(33)14(2)3;9-6-3-1-5(2-4-6)7-10-8(12)13-11-7/h6,9-16,18-20H,1,7-8,17H2,2-5H3,(H,36,42)(H,37,41)(H,39,40,45);6,9-12,14-16H,1,7-8,13H2,2-5H3,(H,28,30)(H,31,32);1-4H,9H2,(H,10,11,12). The zero-order valence-electron chi connectivity index (χ0n) is 55.2. The number of carbonyl (C=O) groups is 8. The van der Waals surface area contributed by atoms with Crippen LogP contribution in [0.25, 0.3) is 57.2 Å². The lowest BCUT2D eigenvalue weighted by atomic mass is 9.94. The van der Waals surface area contributed by atoms with E-state index in [1.807, 2.05) is 0 Å². The molecule has 3 amide bonds. The Balaban J connectivity index is 0.000000218. The van der Waals surface area contributed by atoms with Crippen molar-refractivity contribution in [1.29, 1.82) is 0 Å². The molecule has 10 rings (SSSR count). The molecule has 29 nitrogen and oxygen atoms in total. The topological polar surface area (TPSA) is 418 Å². The predicted octanol–water partition coefficient (Wildman–Crippen LogP) is 9.39.